The van der Waals surface area contributed by atoms with E-state index < -0.39 is 11.9 Å². The Labute approximate surface area is 163 Å². The summed E-state index contributed by atoms with van der Waals surface area (Å²) in [6.07, 6.45) is 0. The average molecular weight is 375 g/mol. The van der Waals surface area contributed by atoms with Gasteiger partial charge in [-0.15, -0.1) is 0 Å². The van der Waals surface area contributed by atoms with Gasteiger partial charge in [0.05, 0.1) is 0 Å². The van der Waals surface area contributed by atoms with E-state index in [0.717, 1.165) is 16.7 Å². The van der Waals surface area contributed by atoms with E-state index in [-0.39, 0.29) is 13.2 Å². The van der Waals surface area contributed by atoms with Gasteiger partial charge in [-0.05, 0) is 41.8 Å². The van der Waals surface area contributed by atoms with Gasteiger partial charge in [-0.1, -0.05) is 60.7 Å². The van der Waals surface area contributed by atoms with Crippen molar-refractivity contribution in [3.63, 3.8) is 0 Å². The molecule has 0 radical (unpaired) electrons. The summed E-state index contributed by atoms with van der Waals surface area (Å²) in [6, 6.07) is 24.8. The number of esters is 1. The van der Waals surface area contributed by atoms with Crippen LogP contribution in [0.5, 0.6) is 5.75 Å². The molecule has 0 atom stereocenters. The number of benzene rings is 3. The predicted molar refractivity (Wildman–Crippen MR) is 108 cm³/mol. The maximum absolute atomic E-state index is 12.0. The Kier molecular flexibility index (Phi) is 6.41. The predicted octanol–water partition coefficient (Wildman–Crippen LogP) is 4.22. The highest BCUT2D eigenvalue weighted by Crippen LogP contribution is 2.21. The highest BCUT2D eigenvalue weighted by molar-refractivity contribution is 5.93. The third-order valence-corrected chi connectivity index (χ3v) is 4.08. The molecule has 0 saturated heterocycles. The van der Waals surface area contributed by atoms with Gasteiger partial charge in [-0.2, -0.15) is 0 Å². The lowest BCUT2D eigenvalue weighted by Crippen LogP contribution is -2.23. The Morgan fingerprint density at radius 1 is 0.786 bits per heavy atom. The largest absolute Gasteiger partial charge is 0.482 e. The van der Waals surface area contributed by atoms with Gasteiger partial charge in [-0.3, -0.25) is 4.79 Å². The van der Waals surface area contributed by atoms with E-state index in [2.05, 4.69) is 5.32 Å². The zero-order valence-corrected chi connectivity index (χ0v) is 15.6. The highest BCUT2D eigenvalue weighted by atomic mass is 16.6. The van der Waals surface area contributed by atoms with Crippen molar-refractivity contribution < 1.29 is 19.1 Å². The van der Waals surface area contributed by atoms with Crippen LogP contribution in [0.4, 0.5) is 5.69 Å². The van der Waals surface area contributed by atoms with Gasteiger partial charge >= 0.3 is 5.97 Å². The molecule has 3 rings (SSSR count). The number of aryl methyl sites for hydroxylation is 1. The van der Waals surface area contributed by atoms with Crippen LogP contribution in [0.1, 0.15) is 5.56 Å². The molecule has 1 amide bonds. The fourth-order valence-corrected chi connectivity index (χ4v) is 2.62. The SMILES string of the molecule is Cc1ccccc1OCC(=O)OCC(=O)Nc1ccc(-c2ccccc2)cc1. The van der Waals surface area contributed by atoms with Crippen molar-refractivity contribution in [2.75, 3.05) is 18.5 Å². The quantitative estimate of drug-likeness (QED) is 0.628. The molecule has 0 aliphatic rings. The standard InChI is InChI=1S/C23H21NO4/c1-17-7-5-6-10-21(17)27-16-23(26)28-15-22(25)24-20-13-11-19(12-14-20)18-8-3-2-4-9-18/h2-14H,15-16H2,1H3,(H,24,25). The van der Waals surface area contributed by atoms with Crippen molar-refractivity contribution >= 4 is 17.6 Å². The zero-order chi connectivity index (χ0) is 19.8. The maximum atomic E-state index is 12.0. The number of hydrogen-bond acceptors (Lipinski definition) is 4. The Morgan fingerprint density at radius 3 is 2.14 bits per heavy atom. The number of hydrogen-bond donors (Lipinski definition) is 1. The molecule has 0 aliphatic carbocycles. The van der Waals surface area contributed by atoms with E-state index in [9.17, 15) is 9.59 Å². The second kappa shape index (κ2) is 9.37. The molecule has 1 N–H and O–H groups in total. The number of carbonyl (C=O) groups excluding carboxylic acids is 2. The second-order valence-electron chi connectivity index (χ2n) is 6.21. The summed E-state index contributed by atoms with van der Waals surface area (Å²) in [7, 11) is 0. The molecular formula is C23H21NO4. The average Bonchev–Trinajstić information content (AvgIpc) is 2.73. The van der Waals surface area contributed by atoms with Crippen molar-refractivity contribution in [3.8, 4) is 16.9 Å². The van der Waals surface area contributed by atoms with Gasteiger partial charge in [-0.25, -0.2) is 4.79 Å². The van der Waals surface area contributed by atoms with E-state index in [1.54, 1.807) is 6.07 Å². The summed E-state index contributed by atoms with van der Waals surface area (Å²) < 4.78 is 10.4. The maximum Gasteiger partial charge on any atom is 0.344 e. The topological polar surface area (TPSA) is 64.6 Å². The molecule has 0 saturated carbocycles. The normalized spacial score (nSPS) is 10.2. The molecule has 0 heterocycles. The number of para-hydroxylation sites is 1. The molecule has 0 aromatic heterocycles. The summed E-state index contributed by atoms with van der Waals surface area (Å²) in [5, 5.41) is 2.70. The fraction of sp³-hybridized carbons (Fsp3) is 0.130. The number of nitrogens with one attached hydrogen (secondary N) is 1. The lowest BCUT2D eigenvalue weighted by molar-refractivity contribution is -0.149. The minimum atomic E-state index is -0.599. The third kappa shape index (κ3) is 5.45. The van der Waals surface area contributed by atoms with E-state index in [1.807, 2.05) is 79.7 Å². The van der Waals surface area contributed by atoms with Gasteiger partial charge < -0.3 is 14.8 Å². The Bertz CT molecular complexity index is 936. The first-order valence-corrected chi connectivity index (χ1v) is 8.91. The lowest BCUT2D eigenvalue weighted by atomic mass is 10.1. The second-order valence-corrected chi connectivity index (χ2v) is 6.21. The molecule has 0 spiro atoms. The number of anilines is 1. The Hall–Kier alpha value is -3.60. The van der Waals surface area contributed by atoms with Crippen LogP contribution in [-0.2, 0) is 14.3 Å². The Balaban J connectivity index is 1.44. The minimum Gasteiger partial charge on any atom is -0.482 e. The number of rotatable bonds is 7. The molecule has 5 heteroatoms. The van der Waals surface area contributed by atoms with Crippen LogP contribution in [0.15, 0.2) is 78.9 Å². The summed E-state index contributed by atoms with van der Waals surface area (Å²) in [4.78, 5) is 23.7. The summed E-state index contributed by atoms with van der Waals surface area (Å²) in [5.74, 6) is -0.392. The Morgan fingerprint density at radius 2 is 1.43 bits per heavy atom. The van der Waals surface area contributed by atoms with Gasteiger partial charge in [0.2, 0.25) is 0 Å². The van der Waals surface area contributed by atoms with Gasteiger partial charge in [0.1, 0.15) is 5.75 Å². The van der Waals surface area contributed by atoms with Crippen molar-refractivity contribution in [3.05, 3.63) is 84.4 Å². The van der Waals surface area contributed by atoms with Gasteiger partial charge in [0.15, 0.2) is 13.2 Å². The number of carbonyl (C=O) groups is 2. The first kappa shape index (κ1) is 19.2. The van der Waals surface area contributed by atoms with E-state index in [1.165, 1.54) is 0 Å². The molecule has 28 heavy (non-hydrogen) atoms. The van der Waals surface area contributed by atoms with Crippen molar-refractivity contribution in [1.29, 1.82) is 0 Å². The molecule has 3 aromatic carbocycles. The van der Waals surface area contributed by atoms with Crippen LogP contribution in [0.2, 0.25) is 0 Å². The van der Waals surface area contributed by atoms with Crippen LogP contribution in [0.25, 0.3) is 11.1 Å². The molecule has 0 bridgehead atoms. The first-order valence-electron chi connectivity index (χ1n) is 8.91. The summed E-state index contributed by atoms with van der Waals surface area (Å²) >= 11 is 0. The van der Waals surface area contributed by atoms with Gasteiger partial charge in [0, 0.05) is 5.69 Å². The van der Waals surface area contributed by atoms with E-state index in [4.69, 9.17) is 9.47 Å². The highest BCUT2D eigenvalue weighted by Gasteiger charge is 2.10. The van der Waals surface area contributed by atoms with Crippen LogP contribution >= 0.6 is 0 Å². The molecule has 142 valence electrons. The monoisotopic (exact) mass is 375 g/mol. The summed E-state index contributed by atoms with van der Waals surface area (Å²) in [6.45, 7) is 1.28. The third-order valence-electron chi connectivity index (χ3n) is 4.08. The molecule has 5 nitrogen and oxygen atoms in total. The smallest absolute Gasteiger partial charge is 0.344 e. The fourth-order valence-electron chi connectivity index (χ4n) is 2.62. The zero-order valence-electron chi connectivity index (χ0n) is 15.6. The molecule has 3 aromatic rings. The summed E-state index contributed by atoms with van der Waals surface area (Å²) in [5.41, 5.74) is 3.71. The van der Waals surface area contributed by atoms with Crippen molar-refractivity contribution in [2.45, 2.75) is 6.92 Å². The molecule has 0 fully saturated rings. The first-order chi connectivity index (χ1) is 13.6. The van der Waals surface area contributed by atoms with Crippen LogP contribution in [0, 0.1) is 6.92 Å². The lowest BCUT2D eigenvalue weighted by Gasteiger charge is -2.09. The van der Waals surface area contributed by atoms with E-state index in [0.29, 0.717) is 11.4 Å². The number of amides is 1. The molecule has 0 aliphatic heterocycles. The van der Waals surface area contributed by atoms with Crippen molar-refractivity contribution in [2.24, 2.45) is 0 Å². The minimum absolute atomic E-state index is 0.246. The van der Waals surface area contributed by atoms with Crippen LogP contribution < -0.4 is 10.1 Å². The molecular weight excluding hydrogens is 354 g/mol. The van der Waals surface area contributed by atoms with E-state index >= 15 is 0 Å². The van der Waals surface area contributed by atoms with Crippen molar-refractivity contribution in [1.82, 2.24) is 0 Å². The van der Waals surface area contributed by atoms with Gasteiger partial charge in [0.25, 0.3) is 5.91 Å². The van der Waals surface area contributed by atoms with Crippen LogP contribution in [0.3, 0.4) is 0 Å². The van der Waals surface area contributed by atoms with Crippen LogP contribution in [-0.4, -0.2) is 25.1 Å². The molecule has 0 unspecified atom stereocenters. The number of ether oxygens (including phenoxy) is 2.